The molecule has 1 fully saturated rings. The molecule has 3 atom stereocenters. The van der Waals surface area contributed by atoms with Gasteiger partial charge in [0.2, 0.25) is 0 Å². The second-order valence-electron chi connectivity index (χ2n) is 3.77. The lowest BCUT2D eigenvalue weighted by Crippen LogP contribution is -2.41. The second-order valence-corrected chi connectivity index (χ2v) is 3.77. The Morgan fingerprint density at radius 3 is 3.06 bits per heavy atom. The first-order valence-corrected chi connectivity index (χ1v) is 5.02. The van der Waals surface area contributed by atoms with Crippen molar-refractivity contribution < 1.29 is 19.7 Å². The summed E-state index contributed by atoms with van der Waals surface area (Å²) in [4.78, 5) is 12.6. The molecule has 1 saturated heterocycles. The van der Waals surface area contributed by atoms with Gasteiger partial charge in [-0.1, -0.05) is 6.58 Å². The smallest absolute Gasteiger partial charge is 0.250 e. The van der Waals surface area contributed by atoms with Crippen LogP contribution >= 0.6 is 0 Å². The van der Waals surface area contributed by atoms with E-state index in [2.05, 4.69) is 11.9 Å². The van der Waals surface area contributed by atoms with Gasteiger partial charge in [0.05, 0.1) is 12.7 Å². The first-order chi connectivity index (χ1) is 7.61. The fraction of sp³-hybridized carbons (Fsp3) is 0.500. The third kappa shape index (κ3) is 1.95. The summed E-state index contributed by atoms with van der Waals surface area (Å²) in [6.45, 7) is 3.46. The number of ether oxygens (including phenoxy) is 1. The number of carbonyl (C=O) groups is 1. The molecule has 0 aliphatic carbocycles. The molecule has 0 unspecified atom stereocenters. The summed E-state index contributed by atoms with van der Waals surface area (Å²) in [6.07, 6.45) is 1.59. The van der Waals surface area contributed by atoms with Crippen LogP contribution in [0.4, 0.5) is 0 Å². The molecule has 0 aromatic heterocycles. The molecule has 88 valence electrons. The van der Waals surface area contributed by atoms with E-state index in [1.807, 2.05) is 0 Å². The van der Waals surface area contributed by atoms with Crippen molar-refractivity contribution in [3.63, 3.8) is 0 Å². The van der Waals surface area contributed by atoms with Crippen molar-refractivity contribution in [1.82, 2.24) is 10.2 Å². The molecule has 6 nitrogen and oxygen atoms in total. The van der Waals surface area contributed by atoms with Gasteiger partial charge < -0.3 is 25.2 Å². The highest BCUT2D eigenvalue weighted by atomic mass is 18.2. The molecule has 0 aromatic carbocycles. The third-order valence-corrected chi connectivity index (χ3v) is 2.66. The molecular formula is C10H14N2O4. The average molecular weight is 228 g/mol. The van der Waals surface area contributed by atoms with Gasteiger partial charge in [0.25, 0.3) is 5.91 Å². The van der Waals surface area contributed by atoms with E-state index in [-0.39, 0.29) is 12.5 Å². The van der Waals surface area contributed by atoms with Crippen molar-refractivity contribution in [2.24, 2.45) is 0 Å². The normalized spacial score (nSPS) is 34.4. The van der Waals surface area contributed by atoms with Gasteiger partial charge in [-0.05, 0) is 0 Å². The van der Waals surface area contributed by atoms with Crippen LogP contribution in [0.15, 0.2) is 24.7 Å². The van der Waals surface area contributed by atoms with Gasteiger partial charge in [0.15, 0.2) is 0 Å². The third-order valence-electron chi connectivity index (χ3n) is 2.66. The largest absolute Gasteiger partial charge is 0.394 e. The van der Waals surface area contributed by atoms with E-state index in [1.165, 1.54) is 6.08 Å². The predicted octanol–water partition coefficient (Wildman–Crippen LogP) is -1.13. The molecular weight excluding hydrogens is 214 g/mol. The first kappa shape index (κ1) is 11.1. The summed E-state index contributed by atoms with van der Waals surface area (Å²) >= 11 is 0. The Hall–Kier alpha value is -1.37. The average Bonchev–Trinajstić information content (AvgIpc) is 2.59. The lowest BCUT2D eigenvalue weighted by molar-refractivity contribution is -0.117. The minimum Gasteiger partial charge on any atom is -0.394 e. The summed E-state index contributed by atoms with van der Waals surface area (Å²) < 4.78 is 5.43. The van der Waals surface area contributed by atoms with Crippen molar-refractivity contribution >= 4 is 5.91 Å². The van der Waals surface area contributed by atoms with Gasteiger partial charge in [0, 0.05) is 18.7 Å². The van der Waals surface area contributed by atoms with E-state index in [0.717, 1.165) is 0 Å². The van der Waals surface area contributed by atoms with Gasteiger partial charge in [-0.3, -0.25) is 4.79 Å². The molecule has 3 N–H and O–H groups in total. The van der Waals surface area contributed by atoms with Gasteiger partial charge in [0.1, 0.15) is 18.2 Å². The Bertz CT molecular complexity index is 342. The Kier molecular flexibility index (Phi) is 2.95. The van der Waals surface area contributed by atoms with Crippen molar-refractivity contribution in [2.75, 3.05) is 6.61 Å². The number of aliphatic hydroxyl groups is 2. The molecule has 0 aromatic rings. The fourth-order valence-corrected chi connectivity index (χ4v) is 1.81. The van der Waals surface area contributed by atoms with E-state index in [4.69, 9.17) is 9.84 Å². The van der Waals surface area contributed by atoms with Crippen molar-refractivity contribution in [3.8, 4) is 0 Å². The van der Waals surface area contributed by atoms with Crippen LogP contribution in [-0.4, -0.2) is 46.1 Å². The Labute approximate surface area is 92.8 Å². The van der Waals surface area contributed by atoms with Gasteiger partial charge in [-0.25, -0.2) is 0 Å². The second kappa shape index (κ2) is 4.25. The van der Waals surface area contributed by atoms with Gasteiger partial charge in [-0.15, -0.1) is 0 Å². The van der Waals surface area contributed by atoms with Crippen LogP contribution < -0.4 is 5.32 Å². The molecule has 2 heterocycles. The number of carbonyl (C=O) groups excluding carboxylic acids is 1. The maximum atomic E-state index is 11.0. The van der Waals surface area contributed by atoms with Crippen LogP contribution in [0.3, 0.4) is 0 Å². The molecule has 0 saturated carbocycles. The Balaban J connectivity index is 2.07. The minimum absolute atomic E-state index is 0.228. The highest BCUT2D eigenvalue weighted by molar-refractivity contribution is 5.89. The lowest BCUT2D eigenvalue weighted by Gasteiger charge is -2.30. The van der Waals surface area contributed by atoms with Crippen molar-refractivity contribution in [1.29, 1.82) is 0 Å². The molecule has 0 radical (unpaired) electrons. The molecule has 0 spiro atoms. The number of aliphatic hydroxyl groups excluding tert-OH is 2. The Morgan fingerprint density at radius 1 is 1.75 bits per heavy atom. The molecule has 0 bridgehead atoms. The fourth-order valence-electron chi connectivity index (χ4n) is 1.81. The molecule has 2 aliphatic rings. The zero-order chi connectivity index (χ0) is 11.7. The summed E-state index contributed by atoms with van der Waals surface area (Å²) in [6, 6.07) is 0. The molecule has 16 heavy (non-hydrogen) atoms. The number of hydrogen-bond acceptors (Lipinski definition) is 5. The lowest BCUT2D eigenvalue weighted by atomic mass is 10.2. The van der Waals surface area contributed by atoms with Crippen molar-refractivity contribution in [3.05, 3.63) is 24.7 Å². The number of rotatable bonds is 2. The SMILES string of the molecule is C=C1NC(=O)C=CN1[C@H]1C[C@@H]([18OH])[C@@H](CO)O1. The number of hydrogen-bond donors (Lipinski definition) is 3. The van der Waals surface area contributed by atoms with Crippen LogP contribution in [0.1, 0.15) is 6.42 Å². The van der Waals surface area contributed by atoms with E-state index in [9.17, 15) is 9.90 Å². The maximum absolute atomic E-state index is 11.0. The topological polar surface area (TPSA) is 82.0 Å². The molecule has 2 rings (SSSR count). The maximum Gasteiger partial charge on any atom is 0.250 e. The molecule has 2 aliphatic heterocycles. The zero-order valence-electron chi connectivity index (χ0n) is 8.67. The standard InChI is InChI=1S/C10H14N2O4/c1-6-11-9(15)2-3-12(6)10-4-7(14)8(5-13)16-10/h2-3,7-8,10,13-14H,1,4-5H2,(H,11,15)/t7-,8-,10-/m1/s1/i14+2. The predicted molar refractivity (Wildman–Crippen MR) is 54.6 cm³/mol. The van der Waals surface area contributed by atoms with E-state index < -0.39 is 18.4 Å². The van der Waals surface area contributed by atoms with Crippen LogP contribution in [0.2, 0.25) is 0 Å². The summed E-state index contributed by atoms with van der Waals surface area (Å²) in [5.74, 6) is 0.168. The van der Waals surface area contributed by atoms with Crippen molar-refractivity contribution in [2.45, 2.75) is 24.9 Å². The zero-order valence-corrected chi connectivity index (χ0v) is 8.67. The quantitative estimate of drug-likeness (QED) is 0.521. The summed E-state index contributed by atoms with van der Waals surface area (Å²) in [5.41, 5.74) is 0. The molecule has 6 heteroatoms. The first-order valence-electron chi connectivity index (χ1n) is 5.02. The Morgan fingerprint density at radius 2 is 2.50 bits per heavy atom. The highest BCUT2D eigenvalue weighted by Gasteiger charge is 2.37. The van der Waals surface area contributed by atoms with E-state index in [1.54, 1.807) is 11.1 Å². The highest BCUT2D eigenvalue weighted by Crippen LogP contribution is 2.25. The van der Waals surface area contributed by atoms with Crippen LogP contribution in [0.25, 0.3) is 0 Å². The minimum atomic E-state index is -0.700. The van der Waals surface area contributed by atoms with Crippen LogP contribution in [0.5, 0.6) is 0 Å². The van der Waals surface area contributed by atoms with Crippen LogP contribution in [0, 0.1) is 0 Å². The number of amides is 1. The summed E-state index contributed by atoms with van der Waals surface area (Å²) in [7, 11) is 0. The van der Waals surface area contributed by atoms with Gasteiger partial charge in [-0.2, -0.15) is 0 Å². The van der Waals surface area contributed by atoms with Gasteiger partial charge >= 0.3 is 0 Å². The monoisotopic (exact) mass is 228 g/mol. The summed E-state index contributed by atoms with van der Waals surface area (Å²) in [5, 5.41) is 21.1. The number of nitrogens with zero attached hydrogens (tertiary/aromatic N) is 1. The number of nitrogens with one attached hydrogen (secondary N) is 1. The van der Waals surface area contributed by atoms with E-state index >= 15 is 0 Å². The molecule has 1 amide bonds. The van der Waals surface area contributed by atoms with E-state index in [0.29, 0.717) is 12.2 Å². The van der Waals surface area contributed by atoms with Crippen LogP contribution in [-0.2, 0) is 9.53 Å².